The van der Waals surface area contributed by atoms with Gasteiger partial charge in [0, 0.05) is 17.4 Å². The standard InChI is InChI=1S/C17H11ClF4O/c18-8-11-9-23-15-6-3-12(17(20,21)22)7-14(15)16(11)10-1-4-13(19)5-2-10/h1-7,9,16H,8H2. The molecule has 0 saturated heterocycles. The van der Waals surface area contributed by atoms with Crippen molar-refractivity contribution in [2.24, 2.45) is 0 Å². The van der Waals surface area contributed by atoms with E-state index in [0.29, 0.717) is 22.4 Å². The molecule has 0 aliphatic carbocycles. The van der Waals surface area contributed by atoms with Crippen LogP contribution >= 0.6 is 11.6 Å². The molecule has 0 bridgehead atoms. The molecule has 1 heterocycles. The molecule has 1 atom stereocenters. The SMILES string of the molecule is Fc1ccc(C2C(CCl)=COc3ccc(C(F)(F)F)cc32)cc1. The molecule has 0 fully saturated rings. The summed E-state index contributed by atoms with van der Waals surface area (Å²) in [6.45, 7) is 0. The Kier molecular flexibility index (Phi) is 4.06. The quantitative estimate of drug-likeness (QED) is 0.518. The highest BCUT2D eigenvalue weighted by Crippen LogP contribution is 2.43. The van der Waals surface area contributed by atoms with Crippen LogP contribution in [-0.2, 0) is 6.18 Å². The number of benzene rings is 2. The smallest absolute Gasteiger partial charge is 0.416 e. The Labute approximate surface area is 135 Å². The number of ether oxygens (including phenoxy) is 1. The average Bonchev–Trinajstić information content (AvgIpc) is 2.53. The zero-order valence-corrected chi connectivity index (χ0v) is 12.5. The summed E-state index contributed by atoms with van der Waals surface area (Å²) in [5.74, 6) is -0.487. The predicted octanol–water partition coefficient (Wildman–Crippen LogP) is 5.49. The van der Waals surface area contributed by atoms with Crippen LogP contribution in [0.25, 0.3) is 0 Å². The third kappa shape index (κ3) is 3.06. The maximum absolute atomic E-state index is 13.1. The van der Waals surface area contributed by atoms with Gasteiger partial charge >= 0.3 is 6.18 Å². The molecule has 0 N–H and O–H groups in total. The first-order valence-corrected chi connectivity index (χ1v) is 7.32. The number of rotatable bonds is 2. The van der Waals surface area contributed by atoms with Crippen molar-refractivity contribution < 1.29 is 22.3 Å². The monoisotopic (exact) mass is 342 g/mol. The lowest BCUT2D eigenvalue weighted by molar-refractivity contribution is -0.137. The number of hydrogen-bond donors (Lipinski definition) is 0. The normalized spacial score (nSPS) is 17.3. The summed E-state index contributed by atoms with van der Waals surface area (Å²) < 4.78 is 57.5. The van der Waals surface area contributed by atoms with Crippen molar-refractivity contribution in [2.45, 2.75) is 12.1 Å². The van der Waals surface area contributed by atoms with Gasteiger partial charge in [0.2, 0.25) is 0 Å². The molecule has 0 amide bonds. The molecule has 6 heteroatoms. The lowest BCUT2D eigenvalue weighted by Crippen LogP contribution is -2.15. The largest absolute Gasteiger partial charge is 0.465 e. The molecule has 2 aromatic carbocycles. The van der Waals surface area contributed by atoms with Gasteiger partial charge in [0.25, 0.3) is 0 Å². The fraction of sp³-hybridized carbons (Fsp3) is 0.176. The summed E-state index contributed by atoms with van der Waals surface area (Å²) in [5, 5.41) is 0. The molecule has 120 valence electrons. The van der Waals surface area contributed by atoms with Gasteiger partial charge in [0.15, 0.2) is 0 Å². The molecule has 1 unspecified atom stereocenters. The lowest BCUT2D eigenvalue weighted by atomic mass is 9.83. The Morgan fingerprint density at radius 1 is 1.04 bits per heavy atom. The zero-order valence-electron chi connectivity index (χ0n) is 11.7. The van der Waals surface area contributed by atoms with Crippen molar-refractivity contribution in [1.29, 1.82) is 0 Å². The van der Waals surface area contributed by atoms with Crippen molar-refractivity contribution in [3.05, 3.63) is 76.8 Å². The summed E-state index contributed by atoms with van der Waals surface area (Å²) in [4.78, 5) is 0. The molecule has 0 spiro atoms. The number of alkyl halides is 4. The summed E-state index contributed by atoms with van der Waals surface area (Å²) in [6, 6.07) is 8.93. The van der Waals surface area contributed by atoms with Gasteiger partial charge in [0.05, 0.1) is 11.8 Å². The fourth-order valence-electron chi connectivity index (χ4n) is 2.62. The van der Waals surface area contributed by atoms with Crippen LogP contribution in [-0.4, -0.2) is 5.88 Å². The Morgan fingerprint density at radius 2 is 1.74 bits per heavy atom. The molecule has 3 rings (SSSR count). The van der Waals surface area contributed by atoms with Gasteiger partial charge in [-0.15, -0.1) is 11.6 Å². The van der Waals surface area contributed by atoms with Crippen LogP contribution in [0.15, 0.2) is 54.3 Å². The van der Waals surface area contributed by atoms with Crippen LogP contribution in [0.2, 0.25) is 0 Å². The summed E-state index contributed by atoms with van der Waals surface area (Å²) in [6.07, 6.45) is -3.01. The molecule has 0 saturated carbocycles. The maximum atomic E-state index is 13.1. The molecule has 0 aromatic heterocycles. The van der Waals surface area contributed by atoms with E-state index in [9.17, 15) is 17.6 Å². The van der Waals surface area contributed by atoms with Gasteiger partial charge in [-0.1, -0.05) is 12.1 Å². The zero-order chi connectivity index (χ0) is 16.6. The highest BCUT2D eigenvalue weighted by molar-refractivity contribution is 6.19. The van der Waals surface area contributed by atoms with Crippen molar-refractivity contribution in [3.8, 4) is 5.75 Å². The Morgan fingerprint density at radius 3 is 2.35 bits per heavy atom. The van der Waals surface area contributed by atoms with E-state index >= 15 is 0 Å². The molecule has 23 heavy (non-hydrogen) atoms. The molecule has 2 aromatic rings. The van der Waals surface area contributed by atoms with Gasteiger partial charge in [-0.2, -0.15) is 13.2 Å². The third-order valence-electron chi connectivity index (χ3n) is 3.71. The van der Waals surface area contributed by atoms with Gasteiger partial charge in [-0.05, 0) is 41.5 Å². The van der Waals surface area contributed by atoms with Crippen molar-refractivity contribution >= 4 is 11.6 Å². The van der Waals surface area contributed by atoms with Crippen LogP contribution in [0.3, 0.4) is 0 Å². The van der Waals surface area contributed by atoms with Crippen LogP contribution in [0.1, 0.15) is 22.6 Å². The maximum Gasteiger partial charge on any atom is 0.416 e. The minimum absolute atomic E-state index is 0.0950. The third-order valence-corrected chi connectivity index (χ3v) is 4.02. The molecule has 1 nitrogen and oxygen atoms in total. The topological polar surface area (TPSA) is 9.23 Å². The number of hydrogen-bond acceptors (Lipinski definition) is 1. The molecule has 1 aliphatic heterocycles. The fourth-order valence-corrected chi connectivity index (χ4v) is 2.84. The van der Waals surface area contributed by atoms with Crippen LogP contribution in [0.5, 0.6) is 5.75 Å². The van der Waals surface area contributed by atoms with E-state index in [-0.39, 0.29) is 5.88 Å². The minimum Gasteiger partial charge on any atom is -0.465 e. The van der Waals surface area contributed by atoms with E-state index in [4.69, 9.17) is 16.3 Å². The summed E-state index contributed by atoms with van der Waals surface area (Å²) >= 11 is 5.91. The van der Waals surface area contributed by atoms with E-state index in [1.807, 2.05) is 0 Å². The summed E-state index contributed by atoms with van der Waals surface area (Å²) in [7, 11) is 0. The van der Waals surface area contributed by atoms with Gasteiger partial charge in [-0.25, -0.2) is 4.39 Å². The second-order valence-electron chi connectivity index (χ2n) is 5.18. The van der Waals surface area contributed by atoms with E-state index in [1.54, 1.807) is 0 Å². The van der Waals surface area contributed by atoms with E-state index in [2.05, 4.69) is 0 Å². The minimum atomic E-state index is -4.45. The Balaban J connectivity index is 2.14. The molecule has 0 radical (unpaired) electrons. The lowest BCUT2D eigenvalue weighted by Gasteiger charge is -2.27. The first-order chi connectivity index (χ1) is 10.9. The van der Waals surface area contributed by atoms with Crippen LogP contribution < -0.4 is 4.74 Å². The van der Waals surface area contributed by atoms with E-state index < -0.39 is 23.5 Å². The molecule has 1 aliphatic rings. The van der Waals surface area contributed by atoms with Crippen molar-refractivity contribution in [3.63, 3.8) is 0 Å². The van der Waals surface area contributed by atoms with Gasteiger partial charge in [0.1, 0.15) is 11.6 Å². The van der Waals surface area contributed by atoms with Gasteiger partial charge in [-0.3, -0.25) is 0 Å². The first kappa shape index (κ1) is 15.9. The van der Waals surface area contributed by atoms with Crippen molar-refractivity contribution in [1.82, 2.24) is 0 Å². The molecular formula is C17H11ClF4O. The number of allylic oxidation sites excluding steroid dienone is 1. The molecular weight excluding hydrogens is 332 g/mol. The van der Waals surface area contributed by atoms with E-state index in [0.717, 1.165) is 12.1 Å². The second kappa shape index (κ2) is 5.89. The number of halogens is 5. The second-order valence-corrected chi connectivity index (χ2v) is 5.45. The Hall–Kier alpha value is -2.01. The van der Waals surface area contributed by atoms with Gasteiger partial charge < -0.3 is 4.74 Å². The van der Waals surface area contributed by atoms with E-state index in [1.165, 1.54) is 36.6 Å². The highest BCUT2D eigenvalue weighted by atomic mass is 35.5. The first-order valence-electron chi connectivity index (χ1n) is 6.78. The average molecular weight is 343 g/mol. The van der Waals surface area contributed by atoms with Crippen LogP contribution in [0.4, 0.5) is 17.6 Å². The predicted molar refractivity (Wildman–Crippen MR) is 79.1 cm³/mol. The summed E-state index contributed by atoms with van der Waals surface area (Å²) in [5.41, 5.74) is 0.875. The highest BCUT2D eigenvalue weighted by Gasteiger charge is 2.34. The Bertz CT molecular complexity index is 750. The van der Waals surface area contributed by atoms with Crippen molar-refractivity contribution in [2.75, 3.05) is 5.88 Å². The van der Waals surface area contributed by atoms with Crippen LogP contribution in [0, 0.1) is 5.82 Å². The number of fused-ring (bicyclic) bond motifs is 1.